The van der Waals surface area contributed by atoms with Gasteiger partial charge in [-0.15, -0.1) is 0 Å². The molecule has 0 atom stereocenters. The van der Waals surface area contributed by atoms with Crippen LogP contribution in [0.4, 0.5) is 0 Å². The number of ether oxygens (including phenoxy) is 2. The van der Waals surface area contributed by atoms with Crippen LogP contribution in [-0.4, -0.2) is 33.3 Å². The summed E-state index contributed by atoms with van der Waals surface area (Å²) in [4.78, 5) is 11.7. The monoisotopic (exact) mass is 263 g/mol. The van der Waals surface area contributed by atoms with Crippen molar-refractivity contribution in [1.29, 1.82) is 0 Å². The minimum atomic E-state index is -0.0532. The fourth-order valence-corrected chi connectivity index (χ4v) is 1.85. The normalized spacial score (nSPS) is 10.6. The molecule has 0 aliphatic heterocycles. The largest absolute Gasteiger partial charge is 0.497 e. The van der Waals surface area contributed by atoms with Gasteiger partial charge in [-0.3, -0.25) is 4.79 Å². The molecule has 0 unspecified atom stereocenters. The fraction of sp³-hybridized carbons (Fsp3) is 0.357. The van der Waals surface area contributed by atoms with Crippen LogP contribution in [-0.2, 0) is 16.0 Å². The van der Waals surface area contributed by atoms with E-state index in [1.165, 1.54) is 0 Å². The molecule has 1 N–H and O–H groups in total. The molecule has 0 saturated carbocycles. The number of benzene rings is 1. The van der Waals surface area contributed by atoms with Gasteiger partial charge in [0.05, 0.1) is 26.4 Å². The molecule has 5 heteroatoms. The molecule has 102 valence electrons. The van der Waals surface area contributed by atoms with E-state index in [9.17, 15) is 4.79 Å². The number of furan rings is 1. The van der Waals surface area contributed by atoms with Gasteiger partial charge < -0.3 is 19.2 Å². The third-order valence-corrected chi connectivity index (χ3v) is 2.84. The Morgan fingerprint density at radius 3 is 2.95 bits per heavy atom. The maximum absolute atomic E-state index is 11.7. The quantitative estimate of drug-likeness (QED) is 0.806. The second-order valence-corrected chi connectivity index (χ2v) is 4.14. The number of hydrogen-bond acceptors (Lipinski definition) is 4. The van der Waals surface area contributed by atoms with E-state index >= 15 is 0 Å². The molecule has 0 fully saturated rings. The molecular weight excluding hydrogens is 246 g/mol. The Morgan fingerprint density at radius 2 is 2.21 bits per heavy atom. The Bertz CT molecular complexity index is 562. The van der Waals surface area contributed by atoms with Gasteiger partial charge in [0.2, 0.25) is 5.91 Å². The average Bonchev–Trinajstić information content (AvgIpc) is 2.81. The van der Waals surface area contributed by atoms with E-state index in [1.807, 2.05) is 18.2 Å². The highest BCUT2D eigenvalue weighted by Crippen LogP contribution is 2.25. The first kappa shape index (κ1) is 13.4. The minimum Gasteiger partial charge on any atom is -0.497 e. The molecule has 1 heterocycles. The number of fused-ring (bicyclic) bond motifs is 1. The summed E-state index contributed by atoms with van der Waals surface area (Å²) in [6, 6.07) is 5.53. The summed E-state index contributed by atoms with van der Waals surface area (Å²) in [5, 5.41) is 3.68. The van der Waals surface area contributed by atoms with E-state index in [1.54, 1.807) is 20.5 Å². The fourth-order valence-electron chi connectivity index (χ4n) is 1.85. The zero-order valence-corrected chi connectivity index (χ0v) is 11.1. The zero-order chi connectivity index (χ0) is 13.7. The molecule has 19 heavy (non-hydrogen) atoms. The molecule has 2 aromatic rings. The predicted octanol–water partition coefficient (Wildman–Crippen LogP) is 1.75. The van der Waals surface area contributed by atoms with Crippen molar-refractivity contribution in [3.05, 3.63) is 30.0 Å². The van der Waals surface area contributed by atoms with Crippen molar-refractivity contribution in [1.82, 2.24) is 5.32 Å². The Labute approximate surface area is 111 Å². The lowest BCUT2D eigenvalue weighted by Crippen LogP contribution is -2.28. The maximum Gasteiger partial charge on any atom is 0.224 e. The number of hydrogen-bond donors (Lipinski definition) is 1. The van der Waals surface area contributed by atoms with Crippen LogP contribution < -0.4 is 10.1 Å². The SMILES string of the molecule is COCCNC(=O)Cc1coc2ccc(OC)cc12. The van der Waals surface area contributed by atoms with Crippen LogP contribution in [0.5, 0.6) is 5.75 Å². The lowest BCUT2D eigenvalue weighted by Gasteiger charge is -2.03. The lowest BCUT2D eigenvalue weighted by atomic mass is 10.1. The first-order valence-corrected chi connectivity index (χ1v) is 6.04. The minimum absolute atomic E-state index is 0.0532. The molecule has 0 aliphatic rings. The van der Waals surface area contributed by atoms with Crippen molar-refractivity contribution in [2.75, 3.05) is 27.4 Å². The van der Waals surface area contributed by atoms with E-state index in [0.29, 0.717) is 13.2 Å². The summed E-state index contributed by atoms with van der Waals surface area (Å²) in [5.74, 6) is 0.692. The predicted molar refractivity (Wildman–Crippen MR) is 71.4 cm³/mol. The Hall–Kier alpha value is -2.01. The van der Waals surface area contributed by atoms with Crippen molar-refractivity contribution in [3.8, 4) is 5.75 Å². The topological polar surface area (TPSA) is 60.7 Å². The number of methoxy groups -OCH3 is 2. The molecule has 1 aromatic carbocycles. The van der Waals surface area contributed by atoms with Gasteiger partial charge in [-0.05, 0) is 18.2 Å². The van der Waals surface area contributed by atoms with Crippen molar-refractivity contribution in [2.24, 2.45) is 0 Å². The Balaban J connectivity index is 2.09. The van der Waals surface area contributed by atoms with Gasteiger partial charge in [-0.1, -0.05) is 0 Å². The van der Waals surface area contributed by atoms with E-state index in [0.717, 1.165) is 22.3 Å². The molecule has 0 bridgehead atoms. The molecule has 1 amide bonds. The van der Waals surface area contributed by atoms with Crippen LogP contribution in [0.1, 0.15) is 5.56 Å². The van der Waals surface area contributed by atoms with E-state index in [-0.39, 0.29) is 12.3 Å². The smallest absolute Gasteiger partial charge is 0.224 e. The summed E-state index contributed by atoms with van der Waals surface area (Å²) in [7, 11) is 3.21. The highest BCUT2D eigenvalue weighted by molar-refractivity contribution is 5.88. The Morgan fingerprint density at radius 1 is 1.37 bits per heavy atom. The molecular formula is C14H17NO4. The molecule has 0 aliphatic carbocycles. The van der Waals surface area contributed by atoms with Crippen LogP contribution in [0, 0.1) is 0 Å². The molecule has 2 rings (SSSR count). The van der Waals surface area contributed by atoms with Gasteiger partial charge in [-0.25, -0.2) is 0 Å². The van der Waals surface area contributed by atoms with Crippen LogP contribution >= 0.6 is 0 Å². The number of rotatable bonds is 6. The first-order valence-electron chi connectivity index (χ1n) is 6.04. The lowest BCUT2D eigenvalue weighted by molar-refractivity contribution is -0.120. The molecule has 0 spiro atoms. The summed E-state index contributed by atoms with van der Waals surface area (Å²) in [6.07, 6.45) is 1.89. The van der Waals surface area contributed by atoms with Crippen molar-refractivity contribution >= 4 is 16.9 Å². The standard InChI is InChI=1S/C14H17NO4/c1-17-6-5-15-14(16)7-10-9-19-13-4-3-11(18-2)8-12(10)13/h3-4,8-9H,5-7H2,1-2H3,(H,15,16). The number of carbonyl (C=O) groups excluding carboxylic acids is 1. The van der Waals surface area contributed by atoms with Crippen molar-refractivity contribution in [3.63, 3.8) is 0 Å². The van der Waals surface area contributed by atoms with Gasteiger partial charge in [0, 0.05) is 24.6 Å². The highest BCUT2D eigenvalue weighted by atomic mass is 16.5. The van der Waals surface area contributed by atoms with Crippen molar-refractivity contribution in [2.45, 2.75) is 6.42 Å². The van der Waals surface area contributed by atoms with Gasteiger partial charge in [0.1, 0.15) is 11.3 Å². The molecule has 1 aromatic heterocycles. The second kappa shape index (κ2) is 6.24. The third kappa shape index (κ3) is 3.26. The molecule has 5 nitrogen and oxygen atoms in total. The van der Waals surface area contributed by atoms with Crippen LogP contribution in [0.2, 0.25) is 0 Å². The number of carbonyl (C=O) groups is 1. The van der Waals surface area contributed by atoms with Gasteiger partial charge >= 0.3 is 0 Å². The van der Waals surface area contributed by atoms with Crippen LogP contribution in [0.3, 0.4) is 0 Å². The summed E-state index contributed by atoms with van der Waals surface area (Å²) in [5.41, 5.74) is 1.60. The van der Waals surface area contributed by atoms with Crippen LogP contribution in [0.25, 0.3) is 11.0 Å². The first-order chi connectivity index (χ1) is 9.24. The number of amides is 1. The van der Waals surface area contributed by atoms with Gasteiger partial charge in [0.25, 0.3) is 0 Å². The Kier molecular flexibility index (Phi) is 4.41. The van der Waals surface area contributed by atoms with Crippen molar-refractivity contribution < 1.29 is 18.7 Å². The summed E-state index contributed by atoms with van der Waals surface area (Å²) in [6.45, 7) is 1.01. The van der Waals surface area contributed by atoms with Crippen LogP contribution in [0.15, 0.2) is 28.9 Å². The highest BCUT2D eigenvalue weighted by Gasteiger charge is 2.11. The summed E-state index contributed by atoms with van der Waals surface area (Å²) >= 11 is 0. The van der Waals surface area contributed by atoms with E-state index in [4.69, 9.17) is 13.9 Å². The van der Waals surface area contributed by atoms with E-state index in [2.05, 4.69) is 5.32 Å². The van der Waals surface area contributed by atoms with E-state index < -0.39 is 0 Å². The second-order valence-electron chi connectivity index (χ2n) is 4.14. The molecule has 0 radical (unpaired) electrons. The maximum atomic E-state index is 11.7. The third-order valence-electron chi connectivity index (χ3n) is 2.84. The number of nitrogens with one attached hydrogen (secondary N) is 1. The molecule has 0 saturated heterocycles. The average molecular weight is 263 g/mol. The van der Waals surface area contributed by atoms with Gasteiger partial charge in [0.15, 0.2) is 0 Å². The summed E-state index contributed by atoms with van der Waals surface area (Å²) < 4.78 is 15.5. The zero-order valence-electron chi connectivity index (χ0n) is 11.1. The van der Waals surface area contributed by atoms with Gasteiger partial charge in [-0.2, -0.15) is 0 Å².